The van der Waals surface area contributed by atoms with Crippen molar-refractivity contribution in [2.75, 3.05) is 14.1 Å². The van der Waals surface area contributed by atoms with Gasteiger partial charge in [-0.3, -0.25) is 0 Å². The highest BCUT2D eigenvalue weighted by molar-refractivity contribution is 7.80. The van der Waals surface area contributed by atoms with Crippen LogP contribution in [0.5, 0.6) is 0 Å². The summed E-state index contributed by atoms with van der Waals surface area (Å²) in [4.78, 5) is 2.97. The van der Waals surface area contributed by atoms with Crippen molar-refractivity contribution in [2.45, 2.75) is 13.3 Å². The highest BCUT2D eigenvalue weighted by Crippen LogP contribution is 2.20. The first-order valence-electron chi connectivity index (χ1n) is 4.49. The summed E-state index contributed by atoms with van der Waals surface area (Å²) in [6.07, 6.45) is 4.79. The molecule has 2 atom stereocenters. The normalized spacial score (nSPS) is 14.4. The number of thiocarbonyl (C=S) groups is 1. The molecule has 0 saturated heterocycles. The fourth-order valence-corrected chi connectivity index (χ4v) is 1.53. The number of rotatable bonds is 5. The summed E-state index contributed by atoms with van der Waals surface area (Å²) in [6.45, 7) is 9.68. The van der Waals surface area contributed by atoms with Gasteiger partial charge in [0.05, 0.1) is 4.99 Å². The zero-order chi connectivity index (χ0) is 10.4. The summed E-state index contributed by atoms with van der Waals surface area (Å²) >= 11 is 5.34. The Morgan fingerprint density at radius 1 is 1.46 bits per heavy atom. The fraction of sp³-hybridized carbons (Fsp3) is 0.545. The maximum absolute atomic E-state index is 5.34. The molecule has 13 heavy (non-hydrogen) atoms. The monoisotopic (exact) mass is 197 g/mol. The summed E-state index contributed by atoms with van der Waals surface area (Å²) < 4.78 is 0. The summed E-state index contributed by atoms with van der Waals surface area (Å²) in [7, 11) is 3.96. The third kappa shape index (κ3) is 3.73. The molecule has 2 unspecified atom stereocenters. The van der Waals surface area contributed by atoms with Crippen LogP contribution in [0.2, 0.25) is 0 Å². The molecule has 0 aromatic rings. The number of hydrogen-bond donors (Lipinski definition) is 0. The molecule has 0 aliphatic rings. The molecular weight excluding hydrogens is 178 g/mol. The smallest absolute Gasteiger partial charge is 0.0814 e. The molecular formula is C11H19NS. The van der Waals surface area contributed by atoms with Gasteiger partial charge in [0.15, 0.2) is 0 Å². The molecule has 0 heterocycles. The van der Waals surface area contributed by atoms with E-state index in [2.05, 4.69) is 20.1 Å². The van der Waals surface area contributed by atoms with Gasteiger partial charge in [0, 0.05) is 20.0 Å². The second kappa shape index (κ2) is 5.92. The van der Waals surface area contributed by atoms with Crippen molar-refractivity contribution in [3.8, 4) is 0 Å². The van der Waals surface area contributed by atoms with Crippen molar-refractivity contribution in [1.29, 1.82) is 0 Å². The summed E-state index contributed by atoms with van der Waals surface area (Å²) in [6, 6.07) is 0. The number of nitrogens with zero attached hydrogens (tertiary/aromatic N) is 1. The lowest BCUT2D eigenvalue weighted by molar-refractivity contribution is 0.490. The third-order valence-corrected chi connectivity index (χ3v) is 2.85. The molecule has 0 fully saturated rings. The molecule has 0 bridgehead atoms. The zero-order valence-electron chi connectivity index (χ0n) is 8.79. The van der Waals surface area contributed by atoms with E-state index in [4.69, 9.17) is 12.2 Å². The van der Waals surface area contributed by atoms with Crippen LogP contribution in [0.4, 0.5) is 0 Å². The minimum Gasteiger partial charge on any atom is -0.372 e. The van der Waals surface area contributed by atoms with Crippen molar-refractivity contribution in [3.05, 3.63) is 25.3 Å². The van der Waals surface area contributed by atoms with Crippen LogP contribution in [0.1, 0.15) is 13.3 Å². The minimum absolute atomic E-state index is 0.361. The quantitative estimate of drug-likeness (QED) is 0.492. The van der Waals surface area contributed by atoms with Crippen LogP contribution in [-0.4, -0.2) is 24.0 Å². The van der Waals surface area contributed by atoms with Crippen molar-refractivity contribution in [2.24, 2.45) is 11.8 Å². The minimum atomic E-state index is 0.361. The Bertz CT molecular complexity index is 196. The van der Waals surface area contributed by atoms with Crippen LogP contribution >= 0.6 is 12.2 Å². The first-order valence-corrected chi connectivity index (χ1v) is 4.90. The first-order chi connectivity index (χ1) is 6.04. The van der Waals surface area contributed by atoms with Crippen LogP contribution in [0.25, 0.3) is 0 Å². The molecule has 0 amide bonds. The van der Waals surface area contributed by atoms with Gasteiger partial charge in [-0.2, -0.15) is 0 Å². The first kappa shape index (κ1) is 12.4. The lowest BCUT2D eigenvalue weighted by atomic mass is 9.90. The van der Waals surface area contributed by atoms with E-state index >= 15 is 0 Å². The second-order valence-corrected chi connectivity index (χ2v) is 3.88. The molecule has 74 valence electrons. The SMILES string of the molecule is C=CCC(C(=S)N(C)C)C(C)C=C. The van der Waals surface area contributed by atoms with Crippen LogP contribution in [0, 0.1) is 11.8 Å². The molecule has 0 saturated carbocycles. The Labute approximate surface area is 87.1 Å². The average Bonchev–Trinajstić information content (AvgIpc) is 2.11. The van der Waals surface area contributed by atoms with E-state index in [1.54, 1.807) is 0 Å². The van der Waals surface area contributed by atoms with E-state index in [-0.39, 0.29) is 0 Å². The Morgan fingerprint density at radius 3 is 2.31 bits per heavy atom. The van der Waals surface area contributed by atoms with Crippen LogP contribution in [0.15, 0.2) is 25.3 Å². The molecule has 0 rings (SSSR count). The number of hydrogen-bond acceptors (Lipinski definition) is 1. The highest BCUT2D eigenvalue weighted by Gasteiger charge is 2.19. The van der Waals surface area contributed by atoms with Gasteiger partial charge in [-0.15, -0.1) is 13.2 Å². The van der Waals surface area contributed by atoms with Gasteiger partial charge < -0.3 is 4.90 Å². The third-order valence-electron chi connectivity index (χ3n) is 2.19. The van der Waals surface area contributed by atoms with Crippen molar-refractivity contribution in [1.82, 2.24) is 4.90 Å². The van der Waals surface area contributed by atoms with E-state index in [1.165, 1.54) is 0 Å². The Balaban J connectivity index is 4.48. The predicted molar refractivity (Wildman–Crippen MR) is 64.0 cm³/mol. The van der Waals surface area contributed by atoms with Gasteiger partial charge in [-0.1, -0.05) is 31.3 Å². The molecule has 0 spiro atoms. The summed E-state index contributed by atoms with van der Waals surface area (Å²) in [5.41, 5.74) is 0. The largest absolute Gasteiger partial charge is 0.372 e. The molecule has 1 nitrogen and oxygen atoms in total. The summed E-state index contributed by atoms with van der Waals surface area (Å²) in [5, 5.41) is 0. The van der Waals surface area contributed by atoms with Gasteiger partial charge in [0.2, 0.25) is 0 Å². The highest BCUT2D eigenvalue weighted by atomic mass is 32.1. The van der Waals surface area contributed by atoms with Crippen LogP contribution in [-0.2, 0) is 0 Å². The lowest BCUT2D eigenvalue weighted by Gasteiger charge is -2.25. The molecule has 0 aliphatic carbocycles. The van der Waals surface area contributed by atoms with Gasteiger partial charge >= 0.3 is 0 Å². The maximum Gasteiger partial charge on any atom is 0.0814 e. The predicted octanol–water partition coefficient (Wildman–Crippen LogP) is 2.89. The van der Waals surface area contributed by atoms with E-state index in [9.17, 15) is 0 Å². The summed E-state index contributed by atoms with van der Waals surface area (Å²) in [5.74, 6) is 0.771. The standard InChI is InChI=1S/C11H19NS/c1-6-8-10(9(3)7-2)11(13)12(4)5/h6-7,9-10H,1-2,8H2,3-5H3. The second-order valence-electron chi connectivity index (χ2n) is 3.46. The van der Waals surface area contributed by atoms with Gasteiger partial charge in [0.25, 0.3) is 0 Å². The fourth-order valence-electron chi connectivity index (χ4n) is 1.22. The van der Waals surface area contributed by atoms with E-state index in [0.717, 1.165) is 11.4 Å². The molecule has 0 N–H and O–H groups in total. The Kier molecular flexibility index (Phi) is 5.63. The van der Waals surface area contributed by atoms with Crippen LogP contribution < -0.4 is 0 Å². The molecule has 2 heteroatoms. The Morgan fingerprint density at radius 2 is 2.00 bits per heavy atom. The van der Waals surface area contributed by atoms with Gasteiger partial charge in [0.1, 0.15) is 0 Å². The van der Waals surface area contributed by atoms with Crippen molar-refractivity contribution < 1.29 is 0 Å². The van der Waals surface area contributed by atoms with Gasteiger partial charge in [-0.25, -0.2) is 0 Å². The van der Waals surface area contributed by atoms with Crippen LogP contribution in [0.3, 0.4) is 0 Å². The molecule has 0 aromatic carbocycles. The van der Waals surface area contributed by atoms with E-state index in [1.807, 2.05) is 31.1 Å². The van der Waals surface area contributed by atoms with Gasteiger partial charge in [-0.05, 0) is 12.3 Å². The molecule has 0 aromatic heterocycles. The topological polar surface area (TPSA) is 3.24 Å². The zero-order valence-corrected chi connectivity index (χ0v) is 9.60. The Hall–Kier alpha value is -0.630. The van der Waals surface area contributed by atoms with E-state index < -0.39 is 0 Å². The molecule has 0 radical (unpaired) electrons. The van der Waals surface area contributed by atoms with Crippen molar-refractivity contribution in [3.63, 3.8) is 0 Å². The number of allylic oxidation sites excluding steroid dienone is 2. The molecule has 0 aliphatic heterocycles. The maximum atomic E-state index is 5.34. The van der Waals surface area contributed by atoms with Crippen molar-refractivity contribution >= 4 is 17.2 Å². The average molecular weight is 197 g/mol. The lowest BCUT2D eigenvalue weighted by Crippen LogP contribution is -2.30. The van der Waals surface area contributed by atoms with E-state index in [0.29, 0.717) is 11.8 Å².